The standard InChI is InChI=1S/C24H36N4OS/c1-6-17(4)25-24(30)28(15-21-9-8-12-27(21)7-2)14-20-13-19-11-10-16(3)18(5)22(19)26-23(20)29/h10-11,13,17,21H,6-9,12,14-15H2,1-5H3,(H,25,30)(H,26,29)/p+1/t17-,21-/m1/s1. The topological polar surface area (TPSA) is 52.6 Å². The summed E-state index contributed by atoms with van der Waals surface area (Å²) >= 11 is 5.80. The number of aryl methyl sites for hydroxylation is 2. The molecule has 0 radical (unpaired) electrons. The zero-order valence-electron chi connectivity index (χ0n) is 19.1. The number of thiocarbonyl (C=S) groups is 1. The summed E-state index contributed by atoms with van der Waals surface area (Å²) in [4.78, 5) is 19.9. The zero-order valence-corrected chi connectivity index (χ0v) is 19.9. The minimum absolute atomic E-state index is 0.0151. The van der Waals surface area contributed by atoms with Gasteiger partial charge in [-0.1, -0.05) is 19.1 Å². The lowest BCUT2D eigenvalue weighted by Crippen LogP contribution is -3.14. The van der Waals surface area contributed by atoms with Crippen LogP contribution in [0.1, 0.15) is 56.7 Å². The summed E-state index contributed by atoms with van der Waals surface area (Å²) < 4.78 is 0. The fourth-order valence-electron chi connectivity index (χ4n) is 4.45. The largest absolute Gasteiger partial charge is 0.360 e. The van der Waals surface area contributed by atoms with Crippen LogP contribution in [0.25, 0.3) is 10.9 Å². The Bertz CT molecular complexity index is 954. The van der Waals surface area contributed by atoms with E-state index in [0.717, 1.165) is 46.7 Å². The Kier molecular flexibility index (Phi) is 7.53. The molecule has 1 saturated heterocycles. The molecule has 0 spiro atoms. The highest BCUT2D eigenvalue weighted by atomic mass is 32.1. The molecule has 3 atom stereocenters. The molecule has 1 aromatic heterocycles. The van der Waals surface area contributed by atoms with Crippen LogP contribution >= 0.6 is 12.2 Å². The number of nitrogens with zero attached hydrogens (tertiary/aromatic N) is 1. The fourth-order valence-corrected chi connectivity index (χ4v) is 4.79. The first-order valence-electron chi connectivity index (χ1n) is 11.4. The fraction of sp³-hybridized carbons (Fsp3) is 0.583. The Morgan fingerprint density at radius 2 is 2.13 bits per heavy atom. The van der Waals surface area contributed by atoms with Crippen LogP contribution in [0.5, 0.6) is 0 Å². The van der Waals surface area contributed by atoms with Gasteiger partial charge in [-0.15, -0.1) is 0 Å². The van der Waals surface area contributed by atoms with Gasteiger partial charge in [-0.3, -0.25) is 4.79 Å². The Balaban J connectivity index is 1.89. The van der Waals surface area contributed by atoms with Gasteiger partial charge >= 0.3 is 0 Å². The number of hydrogen-bond acceptors (Lipinski definition) is 2. The molecule has 0 aliphatic carbocycles. The van der Waals surface area contributed by atoms with Crippen LogP contribution in [0.4, 0.5) is 0 Å². The van der Waals surface area contributed by atoms with Crippen LogP contribution in [-0.2, 0) is 6.54 Å². The second-order valence-corrected chi connectivity index (χ2v) is 9.22. The van der Waals surface area contributed by atoms with Gasteiger partial charge in [0.15, 0.2) is 5.11 Å². The Morgan fingerprint density at radius 1 is 1.37 bits per heavy atom. The summed E-state index contributed by atoms with van der Waals surface area (Å²) in [5.74, 6) is 0. The van der Waals surface area contributed by atoms with Gasteiger partial charge in [-0.05, 0) is 68.9 Å². The number of fused-ring (bicyclic) bond motifs is 1. The van der Waals surface area contributed by atoms with Gasteiger partial charge in [-0.25, -0.2) is 0 Å². The molecule has 0 bridgehead atoms. The average molecular weight is 430 g/mol. The molecular formula is C24H37N4OS+. The lowest BCUT2D eigenvalue weighted by Gasteiger charge is -2.31. The van der Waals surface area contributed by atoms with E-state index in [4.69, 9.17) is 12.2 Å². The maximum absolute atomic E-state index is 12.9. The Hall–Kier alpha value is -1.92. The molecule has 3 rings (SSSR count). The quantitative estimate of drug-likeness (QED) is 0.593. The summed E-state index contributed by atoms with van der Waals surface area (Å²) in [5.41, 5.74) is 4.02. The van der Waals surface area contributed by atoms with Crippen molar-refractivity contribution < 1.29 is 4.90 Å². The third-order valence-electron chi connectivity index (χ3n) is 6.78. The number of nitrogens with one attached hydrogen (secondary N) is 3. The predicted octanol–water partition coefficient (Wildman–Crippen LogP) is 2.69. The highest BCUT2D eigenvalue weighted by molar-refractivity contribution is 7.80. The predicted molar refractivity (Wildman–Crippen MR) is 129 cm³/mol. The molecule has 0 saturated carbocycles. The number of hydrogen-bond donors (Lipinski definition) is 3. The van der Waals surface area contributed by atoms with Crippen molar-refractivity contribution in [1.82, 2.24) is 15.2 Å². The van der Waals surface area contributed by atoms with E-state index in [1.54, 1.807) is 4.90 Å². The maximum Gasteiger partial charge on any atom is 0.253 e. The molecule has 1 aliphatic rings. The zero-order chi connectivity index (χ0) is 21.8. The van der Waals surface area contributed by atoms with Crippen molar-refractivity contribution in [3.05, 3.63) is 45.2 Å². The lowest BCUT2D eigenvalue weighted by molar-refractivity contribution is -0.909. The van der Waals surface area contributed by atoms with Gasteiger partial charge < -0.3 is 20.1 Å². The normalized spacial score (nSPS) is 19.8. The minimum Gasteiger partial charge on any atom is -0.360 e. The molecule has 2 aromatic rings. The van der Waals surface area contributed by atoms with Crippen molar-refractivity contribution >= 4 is 28.2 Å². The lowest BCUT2D eigenvalue weighted by atomic mass is 10.0. The van der Waals surface area contributed by atoms with Crippen LogP contribution in [0, 0.1) is 13.8 Å². The number of pyridine rings is 1. The third kappa shape index (κ3) is 5.03. The van der Waals surface area contributed by atoms with Gasteiger partial charge in [-0.2, -0.15) is 0 Å². The molecule has 1 fully saturated rings. The minimum atomic E-state index is -0.0151. The van der Waals surface area contributed by atoms with Gasteiger partial charge in [0.25, 0.3) is 5.56 Å². The molecule has 0 amide bonds. The number of likely N-dealkylation sites (tertiary alicyclic amines) is 1. The third-order valence-corrected chi connectivity index (χ3v) is 7.16. The number of quaternary nitrogens is 1. The van der Waals surface area contributed by atoms with E-state index < -0.39 is 0 Å². The van der Waals surface area contributed by atoms with Crippen LogP contribution in [0.3, 0.4) is 0 Å². The van der Waals surface area contributed by atoms with Crippen LogP contribution in [-0.4, -0.2) is 46.7 Å². The summed E-state index contributed by atoms with van der Waals surface area (Å²) in [6.45, 7) is 14.5. The van der Waals surface area contributed by atoms with E-state index in [2.05, 4.69) is 62.0 Å². The van der Waals surface area contributed by atoms with Crippen molar-refractivity contribution in [3.8, 4) is 0 Å². The van der Waals surface area contributed by atoms with E-state index in [0.29, 0.717) is 18.6 Å². The van der Waals surface area contributed by atoms with Crippen molar-refractivity contribution in [1.29, 1.82) is 0 Å². The molecule has 164 valence electrons. The van der Waals surface area contributed by atoms with Crippen molar-refractivity contribution in [2.45, 2.75) is 72.5 Å². The van der Waals surface area contributed by atoms with E-state index >= 15 is 0 Å². The number of rotatable bonds is 7. The first-order valence-corrected chi connectivity index (χ1v) is 11.8. The molecule has 1 aromatic carbocycles. The van der Waals surface area contributed by atoms with E-state index in [-0.39, 0.29) is 5.56 Å². The highest BCUT2D eigenvalue weighted by Crippen LogP contribution is 2.19. The molecule has 1 aliphatic heterocycles. The maximum atomic E-state index is 12.9. The van der Waals surface area contributed by atoms with Gasteiger partial charge in [0.2, 0.25) is 0 Å². The van der Waals surface area contributed by atoms with E-state index in [9.17, 15) is 4.79 Å². The van der Waals surface area contributed by atoms with Crippen molar-refractivity contribution in [3.63, 3.8) is 0 Å². The van der Waals surface area contributed by atoms with E-state index in [1.165, 1.54) is 24.9 Å². The number of aromatic nitrogens is 1. The molecule has 1 unspecified atom stereocenters. The Labute approximate surface area is 185 Å². The molecule has 3 N–H and O–H groups in total. The molecule has 5 nitrogen and oxygen atoms in total. The number of H-pyrrole nitrogens is 1. The Morgan fingerprint density at radius 3 is 2.83 bits per heavy atom. The number of benzene rings is 1. The highest BCUT2D eigenvalue weighted by Gasteiger charge is 2.30. The van der Waals surface area contributed by atoms with Crippen molar-refractivity contribution in [2.75, 3.05) is 19.6 Å². The molecule has 2 heterocycles. The monoisotopic (exact) mass is 429 g/mol. The van der Waals surface area contributed by atoms with Gasteiger partial charge in [0.05, 0.1) is 31.7 Å². The number of likely N-dealkylation sites (N-methyl/N-ethyl adjacent to an activating group) is 1. The summed E-state index contributed by atoms with van der Waals surface area (Å²) in [5, 5.41) is 5.30. The molecular weight excluding hydrogens is 392 g/mol. The second kappa shape index (κ2) is 9.92. The average Bonchev–Trinajstić information content (AvgIpc) is 3.18. The summed E-state index contributed by atoms with van der Waals surface area (Å²) in [6.07, 6.45) is 3.50. The number of aromatic amines is 1. The van der Waals surface area contributed by atoms with Crippen LogP contribution in [0.2, 0.25) is 0 Å². The smallest absolute Gasteiger partial charge is 0.253 e. The van der Waals surface area contributed by atoms with Gasteiger partial charge in [0.1, 0.15) is 6.04 Å². The van der Waals surface area contributed by atoms with Crippen LogP contribution < -0.4 is 15.8 Å². The molecule has 6 heteroatoms. The summed E-state index contributed by atoms with van der Waals surface area (Å²) in [7, 11) is 0. The van der Waals surface area contributed by atoms with Gasteiger partial charge in [0, 0.05) is 24.4 Å². The van der Waals surface area contributed by atoms with E-state index in [1.807, 2.05) is 6.07 Å². The first kappa shape index (κ1) is 22.8. The first-order chi connectivity index (χ1) is 14.3. The summed E-state index contributed by atoms with van der Waals surface area (Å²) in [6, 6.07) is 7.14. The van der Waals surface area contributed by atoms with Crippen LogP contribution in [0.15, 0.2) is 23.0 Å². The molecule has 30 heavy (non-hydrogen) atoms. The van der Waals surface area contributed by atoms with Crippen molar-refractivity contribution in [2.24, 2.45) is 0 Å². The second-order valence-electron chi connectivity index (χ2n) is 8.84. The SMILES string of the molecule is CC[C@@H](C)NC(=S)N(Cc1cc2ccc(C)c(C)c2[nH]c1=O)C[C@H]1CCC[NH+]1CC.